The molecule has 4 rings (SSSR count). The number of para-hydroxylation sites is 1. The van der Waals surface area contributed by atoms with Crippen LogP contribution in [0.1, 0.15) is 28.9 Å². The van der Waals surface area contributed by atoms with Crippen LogP contribution in [0.25, 0.3) is 16.7 Å². The molecule has 6 heteroatoms. The molecule has 0 fully saturated rings. The van der Waals surface area contributed by atoms with Gasteiger partial charge in [0.2, 0.25) is 5.91 Å². The van der Waals surface area contributed by atoms with Gasteiger partial charge in [0.25, 0.3) is 0 Å². The molecule has 0 unspecified atom stereocenters. The number of aryl methyl sites for hydroxylation is 3. The average Bonchev–Trinajstić information content (AvgIpc) is 3.06. The molecule has 1 amide bonds. The topological polar surface area (TPSA) is 59.8 Å². The molecule has 0 atom stereocenters. The van der Waals surface area contributed by atoms with Crippen LogP contribution in [0.15, 0.2) is 59.1 Å². The average molecular weight is 463 g/mol. The minimum absolute atomic E-state index is 0.00655. The van der Waals surface area contributed by atoms with Crippen LogP contribution in [0.5, 0.6) is 0 Å². The van der Waals surface area contributed by atoms with Crippen LogP contribution in [0, 0.1) is 20.8 Å². The molecule has 2 heterocycles. The summed E-state index contributed by atoms with van der Waals surface area (Å²) < 4.78 is 2.88. The van der Waals surface area contributed by atoms with E-state index in [1.54, 1.807) is 0 Å². The molecular weight excluding hydrogens is 440 g/mol. The molecule has 152 valence electrons. The zero-order valence-corrected chi connectivity index (χ0v) is 18.8. The van der Waals surface area contributed by atoms with Crippen molar-refractivity contribution in [2.24, 2.45) is 0 Å². The van der Waals surface area contributed by atoms with Gasteiger partial charge in [0.1, 0.15) is 0 Å². The van der Waals surface area contributed by atoms with Crippen LogP contribution in [0.4, 0.5) is 5.69 Å². The van der Waals surface area contributed by atoms with Crippen molar-refractivity contribution in [3.8, 4) is 5.69 Å². The second-order valence-corrected chi connectivity index (χ2v) is 8.30. The Hall–Kier alpha value is -2.99. The van der Waals surface area contributed by atoms with Crippen LogP contribution >= 0.6 is 15.9 Å². The Labute approximate surface area is 184 Å². The molecule has 30 heavy (non-hydrogen) atoms. The third-order valence-corrected chi connectivity index (χ3v) is 5.83. The molecule has 1 N–H and O–H groups in total. The third kappa shape index (κ3) is 4.00. The summed E-state index contributed by atoms with van der Waals surface area (Å²) >= 11 is 3.40. The van der Waals surface area contributed by atoms with Gasteiger partial charge in [0.05, 0.1) is 11.4 Å². The number of hydrogen-bond acceptors (Lipinski definition) is 3. The summed E-state index contributed by atoms with van der Waals surface area (Å²) in [6, 6.07) is 17.6. The number of fused-ring (bicyclic) bond motifs is 1. The molecule has 2 aromatic carbocycles. The number of hydrogen-bond donors (Lipinski definition) is 1. The molecule has 0 spiro atoms. The Morgan fingerprint density at radius 3 is 2.40 bits per heavy atom. The highest BCUT2D eigenvalue weighted by atomic mass is 79.9. The van der Waals surface area contributed by atoms with E-state index in [1.165, 1.54) is 0 Å². The van der Waals surface area contributed by atoms with Crippen molar-refractivity contribution in [3.63, 3.8) is 0 Å². The van der Waals surface area contributed by atoms with Gasteiger partial charge in [-0.2, -0.15) is 5.10 Å². The number of anilines is 1. The Balaban J connectivity index is 1.60. The maximum atomic E-state index is 12.5. The molecule has 0 aliphatic carbocycles. The molecule has 5 nitrogen and oxygen atoms in total. The van der Waals surface area contributed by atoms with E-state index in [-0.39, 0.29) is 5.91 Å². The van der Waals surface area contributed by atoms with Crippen LogP contribution in [-0.2, 0) is 11.2 Å². The highest BCUT2D eigenvalue weighted by Crippen LogP contribution is 2.28. The van der Waals surface area contributed by atoms with E-state index in [2.05, 4.69) is 28.2 Å². The van der Waals surface area contributed by atoms with Crippen LogP contribution in [-0.4, -0.2) is 20.7 Å². The minimum atomic E-state index is -0.00655. The predicted molar refractivity (Wildman–Crippen MR) is 124 cm³/mol. The number of carbonyl (C=O) groups excluding carboxylic acids is 1. The number of rotatable bonds is 5. The fourth-order valence-corrected chi connectivity index (χ4v) is 4.08. The standard InChI is InChI=1S/C24H23BrN4O/c1-15-21(13-14-22(30)27-19-11-9-18(25)10-12-19)16(2)26-24-23(15)17(3)28-29(24)20-7-5-4-6-8-20/h4-12H,13-14H2,1-3H3,(H,27,30). The lowest BCUT2D eigenvalue weighted by atomic mass is 9.99. The summed E-state index contributed by atoms with van der Waals surface area (Å²) in [5.74, 6) is -0.00655. The first-order chi connectivity index (χ1) is 14.4. The van der Waals surface area contributed by atoms with Crippen molar-refractivity contribution in [1.29, 1.82) is 0 Å². The van der Waals surface area contributed by atoms with E-state index in [0.717, 1.165) is 49.4 Å². The first kappa shape index (κ1) is 20.3. The quantitative estimate of drug-likeness (QED) is 0.414. The smallest absolute Gasteiger partial charge is 0.224 e. The van der Waals surface area contributed by atoms with Gasteiger partial charge >= 0.3 is 0 Å². The summed E-state index contributed by atoms with van der Waals surface area (Å²) in [6.07, 6.45) is 1.04. The van der Waals surface area contributed by atoms with Gasteiger partial charge in [-0.25, -0.2) is 9.67 Å². The highest BCUT2D eigenvalue weighted by Gasteiger charge is 2.18. The molecule has 0 radical (unpaired) electrons. The van der Waals surface area contributed by atoms with E-state index >= 15 is 0 Å². The van der Waals surface area contributed by atoms with Crippen molar-refractivity contribution in [1.82, 2.24) is 14.8 Å². The number of amides is 1. The van der Waals surface area contributed by atoms with Crippen LogP contribution < -0.4 is 5.32 Å². The van der Waals surface area contributed by atoms with Crippen LogP contribution in [0.2, 0.25) is 0 Å². The number of nitrogens with zero attached hydrogens (tertiary/aromatic N) is 3. The van der Waals surface area contributed by atoms with E-state index in [9.17, 15) is 4.79 Å². The number of aromatic nitrogens is 3. The van der Waals surface area contributed by atoms with E-state index in [1.807, 2.05) is 73.1 Å². The minimum Gasteiger partial charge on any atom is -0.326 e. The third-order valence-electron chi connectivity index (χ3n) is 5.30. The Bertz CT molecular complexity index is 1210. The Morgan fingerprint density at radius 1 is 1.00 bits per heavy atom. The number of nitrogens with one attached hydrogen (secondary N) is 1. The zero-order chi connectivity index (χ0) is 21.3. The summed E-state index contributed by atoms with van der Waals surface area (Å²) in [5.41, 5.74) is 6.79. The summed E-state index contributed by atoms with van der Waals surface area (Å²) in [5, 5.41) is 8.75. The summed E-state index contributed by atoms with van der Waals surface area (Å²) in [7, 11) is 0. The molecule has 2 aromatic heterocycles. The van der Waals surface area contributed by atoms with Crippen LogP contribution in [0.3, 0.4) is 0 Å². The van der Waals surface area contributed by atoms with E-state index < -0.39 is 0 Å². The summed E-state index contributed by atoms with van der Waals surface area (Å²) in [6.45, 7) is 6.12. The monoisotopic (exact) mass is 462 g/mol. The van der Waals surface area contributed by atoms with Crippen molar-refractivity contribution in [2.45, 2.75) is 33.6 Å². The lowest BCUT2D eigenvalue weighted by Gasteiger charge is -2.12. The van der Waals surface area contributed by atoms with Gasteiger partial charge in [-0.05, 0) is 74.7 Å². The Kier molecular flexibility index (Phi) is 5.68. The number of benzene rings is 2. The van der Waals surface area contributed by atoms with Gasteiger partial charge in [-0.15, -0.1) is 0 Å². The number of halogens is 1. The number of carbonyl (C=O) groups is 1. The first-order valence-corrected chi connectivity index (χ1v) is 10.7. The molecule has 0 bridgehead atoms. The molecule has 0 aliphatic rings. The SMILES string of the molecule is Cc1nc2c(c(C)nn2-c2ccccc2)c(C)c1CCC(=O)Nc1ccc(Br)cc1. The first-order valence-electron chi connectivity index (χ1n) is 9.90. The molecule has 0 saturated carbocycles. The second-order valence-electron chi connectivity index (χ2n) is 7.39. The van der Waals surface area contributed by atoms with E-state index in [0.29, 0.717) is 12.8 Å². The van der Waals surface area contributed by atoms with Crippen molar-refractivity contribution in [2.75, 3.05) is 5.32 Å². The predicted octanol–water partition coefficient (Wildman–Crippen LogP) is 5.68. The van der Waals surface area contributed by atoms with E-state index in [4.69, 9.17) is 10.1 Å². The van der Waals surface area contributed by atoms with Gasteiger partial charge in [-0.3, -0.25) is 4.79 Å². The fraction of sp³-hybridized carbons (Fsp3) is 0.208. The Morgan fingerprint density at radius 2 is 1.70 bits per heavy atom. The normalized spacial score (nSPS) is 11.1. The van der Waals surface area contributed by atoms with Crippen molar-refractivity contribution < 1.29 is 4.79 Å². The maximum absolute atomic E-state index is 12.5. The molecular formula is C24H23BrN4O. The highest BCUT2D eigenvalue weighted by molar-refractivity contribution is 9.10. The fourth-order valence-electron chi connectivity index (χ4n) is 3.82. The molecule has 0 aliphatic heterocycles. The van der Waals surface area contributed by atoms with Gasteiger partial charge in [-0.1, -0.05) is 34.1 Å². The second kappa shape index (κ2) is 8.40. The largest absolute Gasteiger partial charge is 0.326 e. The maximum Gasteiger partial charge on any atom is 0.224 e. The van der Waals surface area contributed by atoms with Gasteiger partial charge < -0.3 is 5.32 Å². The lowest BCUT2D eigenvalue weighted by Crippen LogP contribution is -2.13. The zero-order valence-electron chi connectivity index (χ0n) is 17.2. The lowest BCUT2D eigenvalue weighted by molar-refractivity contribution is -0.116. The molecule has 4 aromatic rings. The van der Waals surface area contributed by atoms with Gasteiger partial charge in [0.15, 0.2) is 5.65 Å². The van der Waals surface area contributed by atoms with Crippen molar-refractivity contribution in [3.05, 3.63) is 81.6 Å². The number of pyridine rings is 1. The molecule has 0 saturated heterocycles. The van der Waals surface area contributed by atoms with Crippen molar-refractivity contribution >= 4 is 38.6 Å². The summed E-state index contributed by atoms with van der Waals surface area (Å²) in [4.78, 5) is 17.3. The van der Waals surface area contributed by atoms with Gasteiger partial charge in [0, 0.05) is 27.7 Å².